The fourth-order valence-electron chi connectivity index (χ4n) is 4.45. The summed E-state index contributed by atoms with van der Waals surface area (Å²) in [7, 11) is 0. The lowest BCUT2D eigenvalue weighted by Gasteiger charge is -2.23. The van der Waals surface area contributed by atoms with Crippen LogP contribution in [0.25, 0.3) is 22.2 Å². The van der Waals surface area contributed by atoms with Gasteiger partial charge in [0.15, 0.2) is 0 Å². The third kappa shape index (κ3) is 6.07. The lowest BCUT2D eigenvalue weighted by Crippen LogP contribution is -2.34. The number of carbonyl (C=O) groups excluding carboxylic acids is 1. The predicted octanol–water partition coefficient (Wildman–Crippen LogP) is 6.99. The molecule has 3 aromatic carbocycles. The molecule has 39 heavy (non-hydrogen) atoms. The monoisotopic (exact) mass is 554 g/mol. The zero-order chi connectivity index (χ0) is 27.9. The molecule has 0 radical (unpaired) electrons. The quantitative estimate of drug-likeness (QED) is 0.266. The molecular weight excluding hydrogens is 525 g/mol. The average molecular weight is 555 g/mol. The Morgan fingerprint density at radius 2 is 1.79 bits per heavy atom. The van der Waals surface area contributed by atoms with Gasteiger partial charge in [-0.3, -0.25) is 9.52 Å². The zero-order valence-corrected chi connectivity index (χ0v) is 22.9. The van der Waals surface area contributed by atoms with E-state index in [1.54, 1.807) is 6.07 Å². The van der Waals surface area contributed by atoms with Gasteiger partial charge in [0.25, 0.3) is 5.91 Å². The molecule has 5 rings (SSSR count). The minimum atomic E-state index is -4.68. The highest BCUT2D eigenvalue weighted by atomic mass is 32.2. The van der Waals surface area contributed by atoms with Crippen LogP contribution < -0.4 is 9.46 Å². The number of alkyl halides is 3. The van der Waals surface area contributed by atoms with Gasteiger partial charge in [-0.1, -0.05) is 12.1 Å². The largest absolute Gasteiger partial charge is 0.491 e. The fraction of sp³-hybridized carbons (Fsp3) is 0.310. The number of aryl methyl sites for hydroxylation is 1. The van der Waals surface area contributed by atoms with Crippen molar-refractivity contribution in [2.75, 3.05) is 13.2 Å². The van der Waals surface area contributed by atoms with E-state index in [1.807, 2.05) is 64.1 Å². The Balaban J connectivity index is 1.43. The molecule has 0 aliphatic carbocycles. The number of ether oxygens (including phenoxy) is 1. The standard InChI is InChI=1S/C29H29F3N4O2S/c1-17-33-24-9-5-19(14-25(24)34-17)18-6-10-26-20(13-18)16-36(11-12-38-26)27(37)22-8-7-21(39-35-28(2,3)4)15-23(22)29(30,31)32/h5-10,13-15,35H,11-12,16H2,1-4H3,(H,33,34). The van der Waals surface area contributed by atoms with Crippen molar-refractivity contribution in [1.29, 1.82) is 0 Å². The van der Waals surface area contributed by atoms with Crippen LogP contribution >= 0.6 is 11.9 Å². The second-order valence-electron chi connectivity index (χ2n) is 10.6. The zero-order valence-electron chi connectivity index (χ0n) is 22.1. The van der Waals surface area contributed by atoms with Crippen molar-refractivity contribution in [3.63, 3.8) is 0 Å². The van der Waals surface area contributed by atoms with Gasteiger partial charge in [0, 0.05) is 22.5 Å². The normalized spacial score (nSPS) is 14.2. The van der Waals surface area contributed by atoms with Gasteiger partial charge in [-0.2, -0.15) is 13.2 Å². The number of nitrogens with one attached hydrogen (secondary N) is 2. The molecule has 1 amide bonds. The number of aromatic amines is 1. The third-order valence-electron chi connectivity index (χ3n) is 6.26. The van der Waals surface area contributed by atoms with Crippen LogP contribution in [0.4, 0.5) is 13.2 Å². The van der Waals surface area contributed by atoms with E-state index in [9.17, 15) is 18.0 Å². The number of imidazole rings is 1. The molecule has 2 N–H and O–H groups in total. The van der Waals surface area contributed by atoms with Gasteiger partial charge in [0.1, 0.15) is 18.2 Å². The van der Waals surface area contributed by atoms with Crippen molar-refractivity contribution in [1.82, 2.24) is 19.6 Å². The van der Waals surface area contributed by atoms with E-state index >= 15 is 0 Å². The van der Waals surface area contributed by atoms with Crippen LogP contribution in [-0.2, 0) is 12.7 Å². The Hall–Kier alpha value is -3.50. The molecule has 0 atom stereocenters. The van der Waals surface area contributed by atoms with Crippen molar-refractivity contribution in [3.8, 4) is 16.9 Å². The van der Waals surface area contributed by atoms with Crippen molar-refractivity contribution in [3.05, 3.63) is 77.1 Å². The SMILES string of the molecule is Cc1nc2ccc(-c3ccc4c(c3)CN(C(=O)c3ccc(SNC(C)(C)C)cc3C(F)(F)F)CCO4)cc2[nH]1. The maximum atomic E-state index is 14.1. The number of hydrogen-bond acceptors (Lipinski definition) is 5. The van der Waals surface area contributed by atoms with E-state index < -0.39 is 17.6 Å². The van der Waals surface area contributed by atoms with Crippen LogP contribution in [0.5, 0.6) is 5.75 Å². The molecule has 204 valence electrons. The maximum absolute atomic E-state index is 14.1. The van der Waals surface area contributed by atoms with Crippen LogP contribution in [0.15, 0.2) is 59.5 Å². The van der Waals surface area contributed by atoms with Crippen LogP contribution in [0, 0.1) is 6.92 Å². The summed E-state index contributed by atoms with van der Waals surface area (Å²) in [5.74, 6) is 0.754. The number of nitrogens with zero attached hydrogens (tertiary/aromatic N) is 2. The number of rotatable bonds is 4. The van der Waals surface area contributed by atoms with Crippen molar-refractivity contribution >= 4 is 28.9 Å². The molecule has 6 nitrogen and oxygen atoms in total. The van der Waals surface area contributed by atoms with Gasteiger partial charge in [-0.25, -0.2) is 4.98 Å². The summed E-state index contributed by atoms with van der Waals surface area (Å²) < 4.78 is 51.2. The Morgan fingerprint density at radius 3 is 2.54 bits per heavy atom. The Labute approximate surface area is 229 Å². The highest BCUT2D eigenvalue weighted by molar-refractivity contribution is 7.97. The van der Waals surface area contributed by atoms with Crippen LogP contribution in [0.1, 0.15) is 48.1 Å². The van der Waals surface area contributed by atoms with Crippen LogP contribution in [-0.4, -0.2) is 39.5 Å². The Bertz CT molecular complexity index is 1540. The van der Waals surface area contributed by atoms with E-state index in [0.29, 0.717) is 10.6 Å². The van der Waals surface area contributed by atoms with Crippen LogP contribution in [0.3, 0.4) is 0 Å². The first-order chi connectivity index (χ1) is 18.4. The number of carbonyl (C=O) groups is 1. The molecule has 1 aromatic heterocycles. The van der Waals surface area contributed by atoms with E-state index in [-0.39, 0.29) is 30.8 Å². The first-order valence-electron chi connectivity index (χ1n) is 12.5. The summed E-state index contributed by atoms with van der Waals surface area (Å²) in [6.07, 6.45) is -4.68. The van der Waals surface area contributed by atoms with Crippen LogP contribution in [0.2, 0.25) is 0 Å². The summed E-state index contributed by atoms with van der Waals surface area (Å²) in [5, 5.41) is 0. The second-order valence-corrected chi connectivity index (χ2v) is 11.5. The molecular formula is C29H29F3N4O2S. The molecule has 0 bridgehead atoms. The van der Waals surface area contributed by atoms with Gasteiger partial charge in [-0.05, 0) is 93.2 Å². The van der Waals surface area contributed by atoms with E-state index in [0.717, 1.165) is 51.6 Å². The number of benzene rings is 3. The highest BCUT2D eigenvalue weighted by Gasteiger charge is 2.37. The number of aromatic nitrogens is 2. The summed E-state index contributed by atoms with van der Waals surface area (Å²) in [6.45, 7) is 8.14. The first kappa shape index (κ1) is 27.1. The number of halogens is 3. The van der Waals surface area contributed by atoms with E-state index in [2.05, 4.69) is 14.7 Å². The molecule has 0 spiro atoms. The van der Waals surface area contributed by atoms with Crippen molar-refractivity contribution in [2.45, 2.75) is 50.9 Å². The summed E-state index contributed by atoms with van der Waals surface area (Å²) in [6, 6.07) is 15.4. The lowest BCUT2D eigenvalue weighted by atomic mass is 10.0. The van der Waals surface area contributed by atoms with Gasteiger partial charge >= 0.3 is 6.18 Å². The summed E-state index contributed by atoms with van der Waals surface area (Å²) >= 11 is 1.11. The minimum absolute atomic E-state index is 0.132. The molecule has 0 unspecified atom stereocenters. The van der Waals surface area contributed by atoms with E-state index in [1.165, 1.54) is 11.0 Å². The van der Waals surface area contributed by atoms with Gasteiger partial charge in [-0.15, -0.1) is 0 Å². The maximum Gasteiger partial charge on any atom is 0.417 e. The average Bonchev–Trinajstić information content (AvgIpc) is 3.11. The molecule has 0 fully saturated rings. The molecule has 0 saturated carbocycles. The second kappa shape index (κ2) is 10.2. The number of hydrogen-bond donors (Lipinski definition) is 2. The van der Waals surface area contributed by atoms with Gasteiger partial charge in [0.2, 0.25) is 0 Å². The molecule has 2 heterocycles. The lowest BCUT2D eigenvalue weighted by molar-refractivity contribution is -0.138. The molecule has 1 aliphatic heterocycles. The number of H-pyrrole nitrogens is 1. The fourth-order valence-corrected chi connectivity index (χ4v) is 5.19. The van der Waals surface area contributed by atoms with E-state index in [4.69, 9.17) is 4.74 Å². The number of amides is 1. The molecule has 1 aliphatic rings. The smallest absolute Gasteiger partial charge is 0.417 e. The Kier molecular flexibility index (Phi) is 7.11. The predicted molar refractivity (Wildman–Crippen MR) is 147 cm³/mol. The topological polar surface area (TPSA) is 70.2 Å². The van der Waals surface area contributed by atoms with Crippen molar-refractivity contribution < 1.29 is 22.7 Å². The highest BCUT2D eigenvalue weighted by Crippen LogP contribution is 2.36. The van der Waals surface area contributed by atoms with Gasteiger partial charge < -0.3 is 14.6 Å². The summed E-state index contributed by atoms with van der Waals surface area (Å²) in [4.78, 5) is 23.0. The minimum Gasteiger partial charge on any atom is -0.491 e. The molecule has 10 heteroatoms. The first-order valence-corrected chi connectivity index (χ1v) is 13.4. The number of fused-ring (bicyclic) bond motifs is 2. The molecule has 4 aromatic rings. The molecule has 0 saturated heterocycles. The third-order valence-corrected chi connectivity index (χ3v) is 7.47. The summed E-state index contributed by atoms with van der Waals surface area (Å²) in [5.41, 5.74) is 2.75. The Morgan fingerprint density at radius 1 is 1.05 bits per heavy atom. The van der Waals surface area contributed by atoms with Gasteiger partial charge in [0.05, 0.1) is 28.7 Å². The van der Waals surface area contributed by atoms with Crippen molar-refractivity contribution in [2.24, 2.45) is 0 Å².